The van der Waals surface area contributed by atoms with Crippen molar-refractivity contribution in [3.63, 3.8) is 0 Å². The summed E-state index contributed by atoms with van der Waals surface area (Å²) >= 11 is 6.19. The van der Waals surface area contributed by atoms with Gasteiger partial charge in [-0.1, -0.05) is 73.5 Å². The number of carbonyl (C=O) groups is 1. The number of rotatable bonds is 8. The van der Waals surface area contributed by atoms with Gasteiger partial charge in [-0.05, 0) is 23.1 Å². The van der Waals surface area contributed by atoms with Crippen LogP contribution in [0.1, 0.15) is 47.2 Å². The summed E-state index contributed by atoms with van der Waals surface area (Å²) < 4.78 is 1.96. The zero-order valence-electron chi connectivity index (χ0n) is 16.7. The summed E-state index contributed by atoms with van der Waals surface area (Å²) in [4.78, 5) is 15.7. The first-order chi connectivity index (χ1) is 13.5. The fraction of sp³-hybridized carbons (Fsp3) is 0.273. The van der Waals surface area contributed by atoms with Gasteiger partial charge in [-0.2, -0.15) is 0 Å². The largest absolute Gasteiger partial charge is 1.00 e. The molecule has 0 saturated heterocycles. The number of imidazole rings is 1. The number of nitrogens with zero attached hydrogens (tertiary/aromatic N) is 2. The number of aryl methyl sites for hydroxylation is 1. The number of carboxylic acid groups (broad SMARTS) is 1. The molecule has 0 saturated carbocycles. The maximum Gasteiger partial charge on any atom is 1.00 e. The van der Waals surface area contributed by atoms with Crippen LogP contribution in [0.4, 0.5) is 0 Å². The number of halogens is 1. The van der Waals surface area contributed by atoms with Gasteiger partial charge >= 0.3 is 29.6 Å². The van der Waals surface area contributed by atoms with E-state index in [9.17, 15) is 15.0 Å². The van der Waals surface area contributed by atoms with Crippen LogP contribution in [0.15, 0.2) is 48.5 Å². The monoisotopic (exact) mass is 420 g/mol. The molecule has 0 amide bonds. The van der Waals surface area contributed by atoms with E-state index in [2.05, 4.69) is 11.9 Å². The van der Waals surface area contributed by atoms with E-state index in [1.165, 1.54) is 0 Å². The van der Waals surface area contributed by atoms with Gasteiger partial charge in [0.05, 0.1) is 18.3 Å². The summed E-state index contributed by atoms with van der Waals surface area (Å²) in [5, 5.41) is 21.4. The molecule has 0 aliphatic carbocycles. The number of hydrogen-bond donors (Lipinski definition) is 1. The summed E-state index contributed by atoms with van der Waals surface area (Å²) in [6.07, 6.45) is 2.84. The number of carboxylic acids is 1. The van der Waals surface area contributed by atoms with Crippen LogP contribution in [0.5, 0.6) is 0 Å². The number of benzene rings is 2. The van der Waals surface area contributed by atoms with Crippen LogP contribution >= 0.6 is 11.6 Å². The van der Waals surface area contributed by atoms with Crippen LogP contribution in [0.25, 0.3) is 11.1 Å². The quantitative estimate of drug-likeness (QED) is 0.537. The Kier molecular flexibility index (Phi) is 8.93. The molecule has 0 radical (unpaired) electrons. The van der Waals surface area contributed by atoms with Crippen molar-refractivity contribution in [1.29, 1.82) is 0 Å². The van der Waals surface area contributed by atoms with E-state index in [0.717, 1.165) is 36.2 Å². The minimum absolute atomic E-state index is 0. The molecule has 0 spiro atoms. The second kappa shape index (κ2) is 11.0. The number of aliphatic hydroxyl groups is 1. The van der Waals surface area contributed by atoms with Gasteiger partial charge in [0.15, 0.2) is 5.15 Å². The maximum absolute atomic E-state index is 11.3. The van der Waals surface area contributed by atoms with Crippen LogP contribution in [0.3, 0.4) is 0 Å². The molecular weight excluding hydrogens is 399 g/mol. The van der Waals surface area contributed by atoms with Crippen molar-refractivity contribution in [2.75, 3.05) is 0 Å². The normalized spacial score (nSPS) is 10.6. The van der Waals surface area contributed by atoms with Gasteiger partial charge in [-0.25, -0.2) is 4.98 Å². The molecule has 2 aromatic carbocycles. The van der Waals surface area contributed by atoms with E-state index in [1.54, 1.807) is 24.3 Å². The van der Waals surface area contributed by atoms with Gasteiger partial charge in [0.2, 0.25) is 0 Å². The van der Waals surface area contributed by atoms with Crippen molar-refractivity contribution < 1.29 is 44.6 Å². The number of unbranched alkanes of at least 4 members (excludes halogenated alkanes) is 1. The Morgan fingerprint density at radius 3 is 2.48 bits per heavy atom. The summed E-state index contributed by atoms with van der Waals surface area (Å²) in [5.74, 6) is -0.330. The van der Waals surface area contributed by atoms with Crippen molar-refractivity contribution in [3.8, 4) is 11.1 Å². The molecule has 0 aliphatic heterocycles. The van der Waals surface area contributed by atoms with Gasteiger partial charge in [0.25, 0.3) is 0 Å². The molecule has 3 rings (SSSR count). The second-order valence-corrected chi connectivity index (χ2v) is 7.00. The third-order valence-electron chi connectivity index (χ3n) is 4.76. The first kappa shape index (κ1) is 23.6. The van der Waals surface area contributed by atoms with E-state index in [4.69, 9.17) is 11.6 Å². The van der Waals surface area contributed by atoms with Crippen LogP contribution in [0.2, 0.25) is 5.15 Å². The van der Waals surface area contributed by atoms with Crippen molar-refractivity contribution in [1.82, 2.24) is 9.55 Å². The molecule has 0 unspecified atom stereocenters. The Hall–Kier alpha value is -1.63. The molecule has 29 heavy (non-hydrogen) atoms. The average Bonchev–Trinajstić information content (AvgIpc) is 3.01. The molecule has 1 aromatic heterocycles. The van der Waals surface area contributed by atoms with Gasteiger partial charge in [-0.15, -0.1) is 0 Å². The summed E-state index contributed by atoms with van der Waals surface area (Å²) in [6.45, 7) is 2.48. The van der Waals surface area contributed by atoms with Crippen LogP contribution in [0, 0.1) is 0 Å². The van der Waals surface area contributed by atoms with Crippen molar-refractivity contribution >= 4 is 17.6 Å². The number of hydrogen-bond acceptors (Lipinski definition) is 4. The number of carbonyl (C=O) groups excluding carboxylic acids is 1. The van der Waals surface area contributed by atoms with Crippen molar-refractivity contribution in [3.05, 3.63) is 76.3 Å². The molecule has 1 heterocycles. The third-order valence-corrected chi connectivity index (χ3v) is 5.06. The zero-order valence-corrected chi connectivity index (χ0v) is 19.4. The minimum Gasteiger partial charge on any atom is -0.545 e. The molecule has 0 atom stereocenters. The summed E-state index contributed by atoms with van der Waals surface area (Å²) in [6, 6.07) is 14.5. The SMILES string of the molecule is CCCCc1nc(Cl)c(CO)n1Cc1ccc(-c2ccccc2C(=O)[O-])cc1.[Na+]. The third kappa shape index (κ3) is 5.50. The summed E-state index contributed by atoms with van der Waals surface area (Å²) in [7, 11) is 0. The molecule has 146 valence electrons. The van der Waals surface area contributed by atoms with E-state index < -0.39 is 5.97 Å². The van der Waals surface area contributed by atoms with Crippen molar-refractivity contribution in [2.24, 2.45) is 0 Å². The molecule has 0 aliphatic rings. The average molecular weight is 421 g/mol. The molecule has 1 N–H and O–H groups in total. The Morgan fingerprint density at radius 1 is 1.17 bits per heavy atom. The van der Waals surface area contributed by atoms with Gasteiger partial charge in [0.1, 0.15) is 5.82 Å². The standard InChI is InChI=1S/C22H23ClN2O3.Na/c1-2-3-8-20-24-21(23)19(14-26)25(20)13-15-9-11-16(12-10-15)17-6-4-5-7-18(17)22(27)28;/h4-7,9-12,26H,2-3,8,13-14H2,1H3,(H,27,28);/q;+1/p-1. The predicted octanol–water partition coefficient (Wildman–Crippen LogP) is 0.454. The number of aromatic nitrogens is 2. The topological polar surface area (TPSA) is 78.2 Å². The van der Waals surface area contributed by atoms with Gasteiger partial charge in [-0.3, -0.25) is 0 Å². The minimum atomic E-state index is -1.19. The molecule has 3 aromatic rings. The fourth-order valence-corrected chi connectivity index (χ4v) is 3.51. The second-order valence-electron chi connectivity index (χ2n) is 6.64. The number of aliphatic hydroxyl groups excluding tert-OH is 1. The first-order valence-electron chi connectivity index (χ1n) is 9.29. The number of aromatic carboxylic acids is 1. The predicted molar refractivity (Wildman–Crippen MR) is 107 cm³/mol. The molecular formula is C22H22ClN2NaO3. The van der Waals surface area contributed by atoms with Crippen LogP contribution in [-0.4, -0.2) is 20.6 Å². The molecule has 0 fully saturated rings. The maximum atomic E-state index is 11.3. The molecule has 0 bridgehead atoms. The smallest absolute Gasteiger partial charge is 0.545 e. The Labute approximate surface area is 197 Å². The Balaban J connectivity index is 0.00000300. The molecule has 5 nitrogen and oxygen atoms in total. The van der Waals surface area contributed by atoms with Gasteiger partial charge < -0.3 is 19.6 Å². The van der Waals surface area contributed by atoms with E-state index >= 15 is 0 Å². The zero-order chi connectivity index (χ0) is 20.1. The first-order valence-corrected chi connectivity index (χ1v) is 9.67. The Morgan fingerprint density at radius 2 is 1.86 bits per heavy atom. The van der Waals surface area contributed by atoms with E-state index in [-0.39, 0.29) is 41.7 Å². The van der Waals surface area contributed by atoms with Crippen molar-refractivity contribution in [2.45, 2.75) is 39.3 Å². The van der Waals surface area contributed by atoms with E-state index in [1.807, 2.05) is 28.8 Å². The van der Waals surface area contributed by atoms with Crippen LogP contribution < -0.4 is 34.7 Å². The van der Waals surface area contributed by atoms with Gasteiger partial charge in [0, 0.05) is 18.5 Å². The van der Waals surface area contributed by atoms with E-state index in [0.29, 0.717) is 23.0 Å². The summed E-state index contributed by atoms with van der Waals surface area (Å²) in [5.41, 5.74) is 3.22. The fourth-order valence-electron chi connectivity index (χ4n) is 3.25. The van der Waals surface area contributed by atoms with Crippen LogP contribution in [-0.2, 0) is 19.6 Å². The molecule has 7 heteroatoms. The Bertz CT molecular complexity index is 971.